The van der Waals surface area contributed by atoms with E-state index >= 15 is 0 Å². The van der Waals surface area contributed by atoms with Crippen LogP contribution in [0.5, 0.6) is 11.6 Å². The number of ether oxygens (including phenoxy) is 1. The first kappa shape index (κ1) is 11.0. The Morgan fingerprint density at radius 1 is 1.25 bits per heavy atom. The van der Waals surface area contributed by atoms with Gasteiger partial charge in [0, 0.05) is 0 Å². The maximum absolute atomic E-state index is 11.2. The van der Waals surface area contributed by atoms with Gasteiger partial charge >= 0.3 is 0 Å². The number of benzene rings is 1. The van der Waals surface area contributed by atoms with Crippen molar-refractivity contribution in [2.24, 2.45) is 0 Å². The second-order valence-electron chi connectivity index (χ2n) is 2.88. The molecule has 0 saturated carbocycles. The molecular formula is C10H6Cl2N2O2. The molecule has 0 amide bonds. The highest BCUT2D eigenvalue weighted by atomic mass is 35.5. The maximum Gasteiger partial charge on any atom is 0.273 e. The van der Waals surface area contributed by atoms with Crippen molar-refractivity contribution in [3.63, 3.8) is 0 Å². The molecule has 1 heterocycles. The lowest BCUT2D eigenvalue weighted by atomic mass is 10.3. The quantitative estimate of drug-likeness (QED) is 0.899. The lowest BCUT2D eigenvalue weighted by Gasteiger charge is -2.06. The Kier molecular flexibility index (Phi) is 3.12. The molecule has 82 valence electrons. The van der Waals surface area contributed by atoms with Crippen LogP contribution in [0.2, 0.25) is 10.0 Å². The molecule has 0 aliphatic carbocycles. The number of hydrogen-bond donors (Lipinski definition) is 1. The summed E-state index contributed by atoms with van der Waals surface area (Å²) in [5.41, 5.74) is -0.460. The van der Waals surface area contributed by atoms with Crippen LogP contribution < -0.4 is 10.3 Å². The highest BCUT2D eigenvalue weighted by Crippen LogP contribution is 2.29. The molecule has 1 aromatic carbocycles. The number of halogens is 2. The topological polar surface area (TPSA) is 55.0 Å². The molecule has 0 aliphatic rings. The van der Waals surface area contributed by atoms with Gasteiger partial charge in [0.15, 0.2) is 5.02 Å². The Morgan fingerprint density at radius 2 is 2.00 bits per heavy atom. The summed E-state index contributed by atoms with van der Waals surface area (Å²) in [6.45, 7) is 0. The Balaban J connectivity index is 2.38. The Bertz CT molecular complexity index is 569. The van der Waals surface area contributed by atoms with Crippen molar-refractivity contribution < 1.29 is 4.74 Å². The van der Waals surface area contributed by atoms with E-state index in [0.717, 1.165) is 0 Å². The normalized spacial score (nSPS) is 10.1. The van der Waals surface area contributed by atoms with E-state index in [0.29, 0.717) is 10.8 Å². The fourth-order valence-corrected chi connectivity index (χ4v) is 1.39. The van der Waals surface area contributed by atoms with Crippen LogP contribution in [0.3, 0.4) is 0 Å². The number of rotatable bonds is 2. The van der Waals surface area contributed by atoms with E-state index in [9.17, 15) is 4.79 Å². The summed E-state index contributed by atoms with van der Waals surface area (Å²) in [5.74, 6) is 0.419. The van der Waals surface area contributed by atoms with Gasteiger partial charge in [0.2, 0.25) is 5.88 Å². The molecule has 0 aliphatic heterocycles. The van der Waals surface area contributed by atoms with Crippen molar-refractivity contribution in [2.45, 2.75) is 0 Å². The van der Waals surface area contributed by atoms with E-state index < -0.39 is 5.56 Å². The minimum absolute atomic E-state index is 0.0264. The van der Waals surface area contributed by atoms with E-state index in [1.807, 2.05) is 0 Å². The second kappa shape index (κ2) is 4.55. The van der Waals surface area contributed by atoms with Gasteiger partial charge in [-0.3, -0.25) is 4.79 Å². The monoisotopic (exact) mass is 256 g/mol. The molecule has 0 bridgehead atoms. The van der Waals surface area contributed by atoms with Crippen LogP contribution in [0.25, 0.3) is 0 Å². The van der Waals surface area contributed by atoms with Gasteiger partial charge in [0.25, 0.3) is 5.56 Å². The zero-order valence-electron chi connectivity index (χ0n) is 7.91. The third-order valence-electron chi connectivity index (χ3n) is 1.81. The van der Waals surface area contributed by atoms with Crippen molar-refractivity contribution in [3.8, 4) is 11.6 Å². The molecule has 0 atom stereocenters. The third-order valence-corrected chi connectivity index (χ3v) is 2.45. The average molecular weight is 257 g/mol. The Labute approximate surface area is 101 Å². The fraction of sp³-hybridized carbons (Fsp3) is 0. The fourth-order valence-electron chi connectivity index (χ4n) is 1.07. The van der Waals surface area contributed by atoms with Gasteiger partial charge in [-0.05, 0) is 12.1 Å². The van der Waals surface area contributed by atoms with E-state index in [4.69, 9.17) is 27.9 Å². The van der Waals surface area contributed by atoms with E-state index in [2.05, 4.69) is 9.97 Å². The predicted octanol–water partition coefficient (Wildman–Crippen LogP) is 2.87. The van der Waals surface area contributed by atoms with Gasteiger partial charge in [-0.1, -0.05) is 35.3 Å². The Hall–Kier alpha value is -1.52. The van der Waals surface area contributed by atoms with E-state index in [1.165, 1.54) is 6.33 Å². The highest BCUT2D eigenvalue weighted by Gasteiger charge is 2.09. The average Bonchev–Trinajstić information content (AvgIpc) is 2.28. The van der Waals surface area contributed by atoms with Gasteiger partial charge < -0.3 is 9.72 Å². The number of para-hydroxylation sites is 1. The zero-order chi connectivity index (χ0) is 11.5. The summed E-state index contributed by atoms with van der Waals surface area (Å²) in [6.07, 6.45) is 1.21. The predicted molar refractivity (Wildman–Crippen MR) is 61.4 cm³/mol. The number of nitrogens with zero attached hydrogens (tertiary/aromatic N) is 1. The summed E-state index contributed by atoms with van der Waals surface area (Å²) in [7, 11) is 0. The summed E-state index contributed by atoms with van der Waals surface area (Å²) in [4.78, 5) is 17.3. The first-order valence-electron chi connectivity index (χ1n) is 4.34. The van der Waals surface area contributed by atoms with Crippen molar-refractivity contribution in [1.29, 1.82) is 0 Å². The molecule has 0 fully saturated rings. The van der Waals surface area contributed by atoms with Crippen molar-refractivity contribution in [3.05, 3.63) is 51.0 Å². The standard InChI is InChI=1S/C10H6Cl2N2O2/c11-6-3-1-2-4-7(6)16-10-8(12)9(15)13-5-14-10/h1-5H,(H,13,14,15). The van der Waals surface area contributed by atoms with Gasteiger partial charge in [-0.15, -0.1) is 0 Å². The molecule has 4 nitrogen and oxygen atoms in total. The molecule has 2 aromatic rings. The van der Waals surface area contributed by atoms with Crippen LogP contribution in [0.15, 0.2) is 35.4 Å². The van der Waals surface area contributed by atoms with Crippen LogP contribution in [-0.4, -0.2) is 9.97 Å². The Morgan fingerprint density at radius 3 is 2.75 bits per heavy atom. The largest absolute Gasteiger partial charge is 0.436 e. The molecule has 6 heteroatoms. The summed E-state index contributed by atoms with van der Waals surface area (Å²) < 4.78 is 5.33. The molecule has 16 heavy (non-hydrogen) atoms. The van der Waals surface area contributed by atoms with Crippen LogP contribution >= 0.6 is 23.2 Å². The number of hydrogen-bond acceptors (Lipinski definition) is 3. The molecule has 0 unspecified atom stereocenters. The van der Waals surface area contributed by atoms with Crippen molar-refractivity contribution in [2.75, 3.05) is 0 Å². The van der Waals surface area contributed by atoms with Crippen LogP contribution in [0, 0.1) is 0 Å². The SMILES string of the molecule is O=c1[nH]cnc(Oc2ccccc2Cl)c1Cl. The minimum Gasteiger partial charge on any atom is -0.436 e. The minimum atomic E-state index is -0.460. The molecule has 1 aromatic heterocycles. The number of aromatic nitrogens is 2. The van der Waals surface area contributed by atoms with E-state index in [-0.39, 0.29) is 10.9 Å². The molecular weight excluding hydrogens is 251 g/mol. The van der Waals surface area contributed by atoms with Gasteiger partial charge in [-0.2, -0.15) is 0 Å². The van der Waals surface area contributed by atoms with Crippen molar-refractivity contribution >= 4 is 23.2 Å². The number of aromatic amines is 1. The van der Waals surface area contributed by atoms with Crippen LogP contribution in [-0.2, 0) is 0 Å². The molecule has 1 N–H and O–H groups in total. The van der Waals surface area contributed by atoms with Crippen LogP contribution in [0.1, 0.15) is 0 Å². The smallest absolute Gasteiger partial charge is 0.273 e. The van der Waals surface area contributed by atoms with Crippen LogP contribution in [0.4, 0.5) is 0 Å². The summed E-state index contributed by atoms with van der Waals surface area (Å²) >= 11 is 11.6. The van der Waals surface area contributed by atoms with Crippen molar-refractivity contribution in [1.82, 2.24) is 9.97 Å². The summed E-state index contributed by atoms with van der Waals surface area (Å²) in [5, 5.41) is 0.308. The number of H-pyrrole nitrogens is 1. The highest BCUT2D eigenvalue weighted by molar-refractivity contribution is 6.32. The van der Waals surface area contributed by atoms with Gasteiger partial charge in [-0.25, -0.2) is 4.98 Å². The first-order chi connectivity index (χ1) is 7.68. The maximum atomic E-state index is 11.2. The number of nitrogens with one attached hydrogen (secondary N) is 1. The third kappa shape index (κ3) is 2.18. The van der Waals surface area contributed by atoms with Gasteiger partial charge in [0.1, 0.15) is 5.75 Å². The molecule has 2 rings (SSSR count). The first-order valence-corrected chi connectivity index (χ1v) is 5.09. The van der Waals surface area contributed by atoms with E-state index in [1.54, 1.807) is 24.3 Å². The molecule has 0 spiro atoms. The lowest BCUT2D eigenvalue weighted by Crippen LogP contribution is -2.07. The zero-order valence-corrected chi connectivity index (χ0v) is 9.42. The molecule has 0 radical (unpaired) electrons. The second-order valence-corrected chi connectivity index (χ2v) is 3.67. The molecule has 0 saturated heterocycles. The lowest BCUT2D eigenvalue weighted by molar-refractivity contribution is 0.461. The summed E-state index contributed by atoms with van der Waals surface area (Å²) in [6, 6.07) is 6.84. The van der Waals surface area contributed by atoms with Gasteiger partial charge in [0.05, 0.1) is 11.3 Å².